The fraction of sp³-hybridized carbons (Fsp3) is 0.182. The van der Waals surface area contributed by atoms with Crippen LogP contribution in [0.4, 0.5) is 4.39 Å². The monoisotopic (exact) mass is 239 g/mol. The van der Waals surface area contributed by atoms with E-state index in [1.54, 1.807) is 17.0 Å². The minimum atomic E-state index is -0.349. The van der Waals surface area contributed by atoms with Crippen molar-refractivity contribution in [3.05, 3.63) is 41.1 Å². The number of hydrogen-bond donors (Lipinski definition) is 1. The fourth-order valence-corrected chi connectivity index (χ4v) is 1.77. The van der Waals surface area contributed by atoms with Crippen LogP contribution in [0.2, 0.25) is 5.02 Å². The molecule has 84 valence electrons. The van der Waals surface area contributed by atoms with E-state index < -0.39 is 0 Å². The zero-order chi connectivity index (χ0) is 11.7. The van der Waals surface area contributed by atoms with Gasteiger partial charge in [0.2, 0.25) is 0 Å². The highest BCUT2D eigenvalue weighted by Crippen LogP contribution is 2.27. The molecule has 0 aliphatic heterocycles. The van der Waals surface area contributed by atoms with Gasteiger partial charge in [0.15, 0.2) is 0 Å². The molecule has 1 heterocycles. The van der Waals surface area contributed by atoms with E-state index in [0.717, 1.165) is 5.69 Å². The summed E-state index contributed by atoms with van der Waals surface area (Å²) >= 11 is 5.84. The van der Waals surface area contributed by atoms with Crippen molar-refractivity contribution in [2.75, 3.05) is 0 Å². The van der Waals surface area contributed by atoms with E-state index in [0.29, 0.717) is 22.8 Å². The minimum Gasteiger partial charge on any atom is -0.336 e. The maximum Gasteiger partial charge on any atom is 0.132 e. The Hall–Kier alpha value is -1.39. The summed E-state index contributed by atoms with van der Waals surface area (Å²) in [5, 5.41) is 0.477. The third-order valence-corrected chi connectivity index (χ3v) is 2.67. The smallest absolute Gasteiger partial charge is 0.132 e. The summed E-state index contributed by atoms with van der Waals surface area (Å²) in [5.41, 5.74) is 7.31. The summed E-state index contributed by atoms with van der Waals surface area (Å²) in [5.74, 6) is -0.349. The molecule has 1 aromatic heterocycles. The average molecular weight is 240 g/mol. The molecule has 0 fully saturated rings. The van der Waals surface area contributed by atoms with Gasteiger partial charge in [-0.05, 0) is 18.2 Å². The van der Waals surface area contributed by atoms with Crippen molar-refractivity contribution in [2.45, 2.75) is 6.54 Å². The van der Waals surface area contributed by atoms with Crippen molar-refractivity contribution in [2.24, 2.45) is 12.8 Å². The number of aryl methyl sites for hydroxylation is 1. The van der Waals surface area contributed by atoms with E-state index in [-0.39, 0.29) is 5.82 Å². The lowest BCUT2D eigenvalue weighted by molar-refractivity contribution is 0.630. The molecular formula is C11H11ClFN3. The Balaban J connectivity index is 2.62. The van der Waals surface area contributed by atoms with E-state index in [1.807, 2.05) is 7.05 Å². The van der Waals surface area contributed by atoms with Crippen molar-refractivity contribution in [1.29, 1.82) is 0 Å². The van der Waals surface area contributed by atoms with Gasteiger partial charge >= 0.3 is 0 Å². The van der Waals surface area contributed by atoms with Crippen LogP contribution in [0.5, 0.6) is 0 Å². The third kappa shape index (κ3) is 1.81. The normalized spacial score (nSPS) is 10.8. The molecule has 0 saturated carbocycles. The molecule has 2 aromatic rings. The number of nitrogens with zero attached hydrogens (tertiary/aromatic N) is 2. The Morgan fingerprint density at radius 3 is 2.94 bits per heavy atom. The molecule has 0 amide bonds. The Morgan fingerprint density at radius 2 is 2.25 bits per heavy atom. The molecule has 5 heteroatoms. The van der Waals surface area contributed by atoms with Crippen LogP contribution in [0, 0.1) is 5.82 Å². The first-order valence-electron chi connectivity index (χ1n) is 4.79. The fourth-order valence-electron chi connectivity index (χ4n) is 1.60. The highest BCUT2D eigenvalue weighted by molar-refractivity contribution is 6.30. The van der Waals surface area contributed by atoms with Gasteiger partial charge in [-0.1, -0.05) is 11.6 Å². The molecule has 0 unspecified atom stereocenters. The lowest BCUT2D eigenvalue weighted by Gasteiger charge is -2.05. The van der Waals surface area contributed by atoms with Crippen LogP contribution < -0.4 is 5.73 Å². The summed E-state index contributed by atoms with van der Waals surface area (Å²) in [4.78, 5) is 4.14. The standard InChI is InChI=1S/C11H11ClFN3/c1-16-6-15-11(10(16)5-14)8-4-7(12)2-3-9(8)13/h2-4,6H,5,14H2,1H3. The first kappa shape index (κ1) is 11.1. The van der Waals surface area contributed by atoms with Crippen LogP contribution in [-0.4, -0.2) is 9.55 Å². The van der Waals surface area contributed by atoms with E-state index in [9.17, 15) is 4.39 Å². The Labute approximate surface area is 97.7 Å². The topological polar surface area (TPSA) is 43.8 Å². The summed E-state index contributed by atoms with van der Waals surface area (Å²) in [6.45, 7) is 0.303. The van der Waals surface area contributed by atoms with Crippen molar-refractivity contribution >= 4 is 11.6 Å². The van der Waals surface area contributed by atoms with E-state index >= 15 is 0 Å². The van der Waals surface area contributed by atoms with Crippen LogP contribution in [0.15, 0.2) is 24.5 Å². The second kappa shape index (κ2) is 4.23. The maximum absolute atomic E-state index is 13.6. The summed E-state index contributed by atoms with van der Waals surface area (Å²) < 4.78 is 15.4. The predicted octanol–water partition coefficient (Wildman–Crippen LogP) is 2.34. The highest BCUT2D eigenvalue weighted by atomic mass is 35.5. The first-order chi connectivity index (χ1) is 7.63. The molecule has 2 N–H and O–H groups in total. The number of nitrogens with two attached hydrogens (primary N) is 1. The van der Waals surface area contributed by atoms with Crippen molar-refractivity contribution < 1.29 is 4.39 Å². The second-order valence-electron chi connectivity index (χ2n) is 3.48. The molecule has 0 saturated heterocycles. The van der Waals surface area contributed by atoms with E-state index in [4.69, 9.17) is 17.3 Å². The van der Waals surface area contributed by atoms with E-state index in [1.165, 1.54) is 12.1 Å². The van der Waals surface area contributed by atoms with Crippen molar-refractivity contribution in [3.63, 3.8) is 0 Å². The quantitative estimate of drug-likeness (QED) is 0.874. The molecule has 3 nitrogen and oxygen atoms in total. The Kier molecular flexibility index (Phi) is 2.94. The van der Waals surface area contributed by atoms with Gasteiger partial charge in [0, 0.05) is 24.2 Å². The average Bonchev–Trinajstić information content (AvgIpc) is 2.63. The molecule has 2 rings (SSSR count). The Morgan fingerprint density at radius 1 is 1.50 bits per heavy atom. The number of hydrogen-bond acceptors (Lipinski definition) is 2. The predicted molar refractivity (Wildman–Crippen MR) is 61.5 cm³/mol. The molecule has 0 bridgehead atoms. The van der Waals surface area contributed by atoms with Crippen LogP contribution in [0.3, 0.4) is 0 Å². The molecular weight excluding hydrogens is 229 g/mol. The first-order valence-corrected chi connectivity index (χ1v) is 5.17. The van der Waals surface area contributed by atoms with E-state index in [2.05, 4.69) is 4.98 Å². The molecule has 0 spiro atoms. The largest absolute Gasteiger partial charge is 0.336 e. The molecule has 0 aliphatic rings. The maximum atomic E-state index is 13.6. The van der Waals surface area contributed by atoms with Gasteiger partial charge in [-0.3, -0.25) is 0 Å². The van der Waals surface area contributed by atoms with Gasteiger partial charge in [0.05, 0.1) is 17.7 Å². The molecule has 0 atom stereocenters. The second-order valence-corrected chi connectivity index (χ2v) is 3.92. The molecule has 16 heavy (non-hydrogen) atoms. The molecule has 0 aliphatic carbocycles. The SMILES string of the molecule is Cn1cnc(-c2cc(Cl)ccc2F)c1CN. The van der Waals surface area contributed by atoms with Gasteiger partial charge < -0.3 is 10.3 Å². The van der Waals surface area contributed by atoms with Crippen LogP contribution in [0.1, 0.15) is 5.69 Å². The highest BCUT2D eigenvalue weighted by Gasteiger charge is 2.13. The summed E-state index contributed by atoms with van der Waals surface area (Å²) in [7, 11) is 1.82. The molecule has 1 aromatic carbocycles. The van der Waals surface area contributed by atoms with Gasteiger partial charge in [0.1, 0.15) is 5.82 Å². The zero-order valence-electron chi connectivity index (χ0n) is 8.74. The number of halogens is 2. The molecule has 0 radical (unpaired) electrons. The number of imidazole rings is 1. The number of benzene rings is 1. The number of aromatic nitrogens is 2. The summed E-state index contributed by atoms with van der Waals surface area (Å²) in [6, 6.07) is 4.39. The lowest BCUT2D eigenvalue weighted by atomic mass is 10.1. The Bertz CT molecular complexity index is 522. The van der Waals surface area contributed by atoms with Gasteiger partial charge in [0.25, 0.3) is 0 Å². The van der Waals surface area contributed by atoms with Crippen LogP contribution in [-0.2, 0) is 13.6 Å². The van der Waals surface area contributed by atoms with Gasteiger partial charge in [-0.25, -0.2) is 9.37 Å². The van der Waals surface area contributed by atoms with Gasteiger partial charge in [-0.2, -0.15) is 0 Å². The van der Waals surface area contributed by atoms with Crippen molar-refractivity contribution in [3.8, 4) is 11.3 Å². The van der Waals surface area contributed by atoms with Gasteiger partial charge in [-0.15, -0.1) is 0 Å². The van der Waals surface area contributed by atoms with Crippen LogP contribution in [0.25, 0.3) is 11.3 Å². The van der Waals surface area contributed by atoms with Crippen LogP contribution >= 0.6 is 11.6 Å². The van der Waals surface area contributed by atoms with Crippen molar-refractivity contribution in [1.82, 2.24) is 9.55 Å². The number of rotatable bonds is 2. The minimum absolute atomic E-state index is 0.303. The lowest BCUT2D eigenvalue weighted by Crippen LogP contribution is -2.04. The summed E-state index contributed by atoms with van der Waals surface area (Å²) in [6.07, 6.45) is 1.61. The third-order valence-electron chi connectivity index (χ3n) is 2.44. The zero-order valence-corrected chi connectivity index (χ0v) is 9.50.